The van der Waals surface area contributed by atoms with Gasteiger partial charge in [0.15, 0.2) is 0 Å². The molecule has 0 aliphatic heterocycles. The van der Waals surface area contributed by atoms with Crippen LogP contribution >= 0.6 is 0 Å². The molecule has 1 atom stereocenters. The van der Waals surface area contributed by atoms with Gasteiger partial charge in [0, 0.05) is 12.2 Å². The first-order valence-corrected chi connectivity index (χ1v) is 7.23. The summed E-state index contributed by atoms with van der Waals surface area (Å²) in [4.78, 5) is 0. The van der Waals surface area contributed by atoms with Crippen LogP contribution < -0.4 is 15.8 Å². The Balaban J connectivity index is 2.11. The van der Waals surface area contributed by atoms with Crippen molar-refractivity contribution in [1.82, 2.24) is 5.32 Å². The quantitative estimate of drug-likeness (QED) is 0.882. The van der Waals surface area contributed by atoms with E-state index in [-0.39, 0.29) is 0 Å². The molecular weight excluding hydrogens is 242 g/mol. The zero-order valence-corrected chi connectivity index (χ0v) is 12.3. The zero-order valence-electron chi connectivity index (χ0n) is 12.3. The number of nitrogens with one attached hydrogen (secondary N) is 1. The van der Waals surface area contributed by atoms with Gasteiger partial charge in [-0.3, -0.25) is 0 Å². The molecule has 0 spiro atoms. The van der Waals surface area contributed by atoms with E-state index in [1.165, 1.54) is 16.0 Å². The second kappa shape index (κ2) is 6.95. The van der Waals surface area contributed by atoms with Gasteiger partial charge in [0.25, 0.3) is 0 Å². The first-order valence-electron chi connectivity index (χ1n) is 7.23. The Kier molecular flexibility index (Phi) is 5.00. The first-order chi connectivity index (χ1) is 9.70. The van der Waals surface area contributed by atoms with Crippen LogP contribution in [0.3, 0.4) is 0 Å². The summed E-state index contributed by atoms with van der Waals surface area (Å²) in [5.41, 5.74) is 1.43. The molecule has 1 unspecified atom stereocenters. The summed E-state index contributed by atoms with van der Waals surface area (Å²) in [6.07, 6.45) is 13.8. The largest absolute Gasteiger partial charge is 0.384 e. The van der Waals surface area contributed by atoms with Crippen molar-refractivity contribution >= 4 is 12.3 Å². The van der Waals surface area contributed by atoms with Gasteiger partial charge in [0.2, 0.25) is 0 Å². The van der Waals surface area contributed by atoms with E-state index < -0.39 is 0 Å². The van der Waals surface area contributed by atoms with Crippen molar-refractivity contribution in [3.63, 3.8) is 0 Å². The van der Waals surface area contributed by atoms with E-state index in [1.807, 2.05) is 18.2 Å². The molecule has 1 aliphatic rings. The van der Waals surface area contributed by atoms with Crippen LogP contribution in [0.1, 0.15) is 20.3 Å². The molecule has 0 bridgehead atoms. The summed E-state index contributed by atoms with van der Waals surface area (Å²) in [6.45, 7) is 8.23. The van der Waals surface area contributed by atoms with Gasteiger partial charge in [-0.05, 0) is 28.3 Å². The summed E-state index contributed by atoms with van der Waals surface area (Å²) in [7, 11) is 0. The Morgan fingerprint density at radius 3 is 2.60 bits per heavy atom. The molecule has 0 saturated heterocycles. The van der Waals surface area contributed by atoms with Crippen LogP contribution in [0.5, 0.6) is 0 Å². The minimum absolute atomic E-state index is 0.384. The van der Waals surface area contributed by atoms with Crippen molar-refractivity contribution < 1.29 is 0 Å². The third kappa shape index (κ3) is 3.74. The Bertz CT molecular complexity index is 632. The van der Waals surface area contributed by atoms with E-state index in [0.29, 0.717) is 12.0 Å². The monoisotopic (exact) mass is 265 g/mol. The normalized spacial score (nSPS) is 20.1. The number of rotatable bonds is 4. The van der Waals surface area contributed by atoms with Gasteiger partial charge in [-0.15, -0.1) is 0 Å². The predicted molar refractivity (Wildman–Crippen MR) is 88.4 cm³/mol. The van der Waals surface area contributed by atoms with Crippen LogP contribution in [-0.4, -0.2) is 6.04 Å². The minimum Gasteiger partial charge on any atom is -0.384 e. The average molecular weight is 265 g/mol. The van der Waals surface area contributed by atoms with Gasteiger partial charge in [-0.1, -0.05) is 75.1 Å². The van der Waals surface area contributed by atoms with E-state index in [1.54, 1.807) is 0 Å². The summed E-state index contributed by atoms with van der Waals surface area (Å²) < 4.78 is 0. The fraction of sp³-hybridized carbons (Fsp3) is 0.263. The molecule has 0 fully saturated rings. The van der Waals surface area contributed by atoms with Crippen LogP contribution in [-0.2, 0) is 0 Å². The molecule has 1 aliphatic carbocycles. The first kappa shape index (κ1) is 14.4. The van der Waals surface area contributed by atoms with Crippen molar-refractivity contribution in [2.24, 2.45) is 5.92 Å². The Labute approximate surface area is 121 Å². The fourth-order valence-corrected chi connectivity index (χ4v) is 2.31. The molecule has 1 aromatic carbocycles. The van der Waals surface area contributed by atoms with E-state index >= 15 is 0 Å². The predicted octanol–water partition coefficient (Wildman–Crippen LogP) is 2.89. The summed E-state index contributed by atoms with van der Waals surface area (Å²) in [5, 5.41) is 5.87. The average Bonchev–Trinajstić information content (AvgIpc) is 2.47. The highest BCUT2D eigenvalue weighted by Gasteiger charge is 2.08. The molecule has 0 radical (unpaired) electrons. The number of benzene rings is 1. The molecule has 2 rings (SSSR count). The molecule has 1 heteroatoms. The second-order valence-electron chi connectivity index (χ2n) is 5.40. The van der Waals surface area contributed by atoms with Gasteiger partial charge < -0.3 is 5.32 Å². The third-order valence-electron chi connectivity index (χ3n) is 3.54. The van der Waals surface area contributed by atoms with Gasteiger partial charge in [0.1, 0.15) is 0 Å². The van der Waals surface area contributed by atoms with Gasteiger partial charge in [0.05, 0.1) is 0 Å². The SMILES string of the molecule is C=C/C=c1/cccc/c1=C\NC1C=CC(C(C)C)=CC1. The van der Waals surface area contributed by atoms with Crippen LogP contribution in [0.25, 0.3) is 12.3 Å². The second-order valence-corrected chi connectivity index (χ2v) is 5.40. The van der Waals surface area contributed by atoms with E-state index in [0.717, 1.165) is 6.42 Å². The standard InChI is InChI=1S/C19H23N/c1-4-7-17-8-5-6-9-18(17)14-20-19-12-10-16(11-13-19)15(2)3/h4-12,14-15,19-20H,1,13H2,2-3H3/b17-7-,18-14+. The Morgan fingerprint density at radius 2 is 2.00 bits per heavy atom. The lowest BCUT2D eigenvalue weighted by Crippen LogP contribution is -2.30. The van der Waals surface area contributed by atoms with Gasteiger partial charge in [-0.25, -0.2) is 0 Å². The lowest BCUT2D eigenvalue weighted by atomic mass is 9.95. The highest BCUT2D eigenvalue weighted by atomic mass is 14.9. The Hall–Kier alpha value is -2.02. The van der Waals surface area contributed by atoms with Crippen molar-refractivity contribution in [2.45, 2.75) is 26.3 Å². The lowest BCUT2D eigenvalue weighted by Gasteiger charge is -2.18. The van der Waals surface area contributed by atoms with E-state index in [4.69, 9.17) is 0 Å². The van der Waals surface area contributed by atoms with Crippen LogP contribution in [0, 0.1) is 5.92 Å². The number of hydrogen-bond donors (Lipinski definition) is 1. The zero-order chi connectivity index (χ0) is 14.4. The molecule has 1 N–H and O–H groups in total. The maximum Gasteiger partial charge on any atom is 0.0476 e. The van der Waals surface area contributed by atoms with Crippen molar-refractivity contribution in [1.29, 1.82) is 0 Å². The third-order valence-corrected chi connectivity index (χ3v) is 3.54. The fourth-order valence-electron chi connectivity index (χ4n) is 2.31. The smallest absolute Gasteiger partial charge is 0.0476 e. The summed E-state index contributed by atoms with van der Waals surface area (Å²) in [5.74, 6) is 0.610. The molecule has 1 aromatic rings. The van der Waals surface area contributed by atoms with Crippen LogP contribution in [0.2, 0.25) is 0 Å². The Morgan fingerprint density at radius 1 is 1.25 bits per heavy atom. The minimum atomic E-state index is 0.384. The lowest BCUT2D eigenvalue weighted by molar-refractivity contribution is 0.698. The number of allylic oxidation sites excluding steroid dienone is 3. The summed E-state index contributed by atoms with van der Waals surface area (Å²) in [6, 6.07) is 8.70. The maximum absolute atomic E-state index is 3.76. The summed E-state index contributed by atoms with van der Waals surface area (Å²) >= 11 is 0. The molecule has 0 heterocycles. The van der Waals surface area contributed by atoms with Gasteiger partial charge >= 0.3 is 0 Å². The molecule has 1 nitrogen and oxygen atoms in total. The van der Waals surface area contributed by atoms with Crippen molar-refractivity contribution in [3.8, 4) is 0 Å². The van der Waals surface area contributed by atoms with Crippen LogP contribution in [0.15, 0.2) is 60.7 Å². The topological polar surface area (TPSA) is 12.0 Å². The highest BCUT2D eigenvalue weighted by Crippen LogP contribution is 2.17. The molecule has 20 heavy (non-hydrogen) atoms. The molecule has 0 saturated carbocycles. The van der Waals surface area contributed by atoms with Crippen molar-refractivity contribution in [3.05, 3.63) is 71.2 Å². The van der Waals surface area contributed by atoms with Gasteiger partial charge in [-0.2, -0.15) is 0 Å². The maximum atomic E-state index is 3.76. The van der Waals surface area contributed by atoms with E-state index in [9.17, 15) is 0 Å². The number of hydrogen-bond acceptors (Lipinski definition) is 1. The van der Waals surface area contributed by atoms with E-state index in [2.05, 4.69) is 68.4 Å². The molecule has 0 aromatic heterocycles. The molecular formula is C19H23N. The molecule has 0 amide bonds. The highest BCUT2D eigenvalue weighted by molar-refractivity contribution is 5.38. The van der Waals surface area contributed by atoms with Crippen molar-refractivity contribution in [2.75, 3.05) is 0 Å². The van der Waals surface area contributed by atoms with Crippen LogP contribution in [0.4, 0.5) is 0 Å². The molecule has 104 valence electrons.